The van der Waals surface area contributed by atoms with Gasteiger partial charge in [0.2, 0.25) is 11.8 Å². The summed E-state index contributed by atoms with van der Waals surface area (Å²) in [6.07, 6.45) is 3.42. The fraction of sp³-hybridized carbons (Fsp3) is 0.343. The van der Waals surface area contributed by atoms with Gasteiger partial charge in [0.1, 0.15) is 5.75 Å². The molecule has 0 bridgehead atoms. The number of fused-ring (bicyclic) bond motifs is 1. The normalized spacial score (nSPS) is 18.8. The van der Waals surface area contributed by atoms with E-state index in [9.17, 15) is 24.6 Å². The molecule has 3 aromatic rings. The number of aliphatic hydroxyl groups is 2. The highest BCUT2D eigenvalue weighted by Crippen LogP contribution is 2.47. The van der Waals surface area contributed by atoms with Crippen molar-refractivity contribution in [3.63, 3.8) is 0 Å². The van der Waals surface area contributed by atoms with Gasteiger partial charge < -0.3 is 35.0 Å². The van der Waals surface area contributed by atoms with Crippen molar-refractivity contribution in [3.8, 4) is 5.75 Å². The summed E-state index contributed by atoms with van der Waals surface area (Å²) >= 11 is 0. The summed E-state index contributed by atoms with van der Waals surface area (Å²) in [5.41, 5.74) is 1.74. The number of aliphatic hydroxyl groups excluding tert-OH is 1. The van der Waals surface area contributed by atoms with E-state index in [1.807, 2.05) is 54.6 Å². The molecule has 0 aromatic heterocycles. The zero-order chi connectivity index (χ0) is 32.0. The van der Waals surface area contributed by atoms with E-state index in [-0.39, 0.29) is 37.9 Å². The smallest absolute Gasteiger partial charge is 0.264 e. The molecule has 3 amide bonds. The van der Waals surface area contributed by atoms with E-state index >= 15 is 0 Å². The van der Waals surface area contributed by atoms with Gasteiger partial charge in [-0.1, -0.05) is 61.5 Å². The maximum atomic E-state index is 14.0. The Kier molecular flexibility index (Phi) is 9.97. The van der Waals surface area contributed by atoms with Crippen molar-refractivity contribution in [1.29, 1.82) is 0 Å². The number of methoxy groups -OCH3 is 1. The molecule has 2 atom stereocenters. The number of piperazine rings is 1. The zero-order valence-electron chi connectivity index (χ0n) is 25.7. The van der Waals surface area contributed by atoms with Crippen LogP contribution in [0.15, 0.2) is 84.9 Å². The molecule has 0 radical (unpaired) electrons. The van der Waals surface area contributed by atoms with Crippen LogP contribution in [0, 0.1) is 5.92 Å². The molecule has 0 aliphatic carbocycles. The van der Waals surface area contributed by atoms with Crippen LogP contribution in [0.4, 0.5) is 11.4 Å². The van der Waals surface area contributed by atoms with Gasteiger partial charge in [0.15, 0.2) is 5.60 Å². The number of hydrogen-bond acceptors (Lipinski definition) is 7. The highest BCUT2D eigenvalue weighted by atomic mass is 16.5. The molecule has 10 heteroatoms. The summed E-state index contributed by atoms with van der Waals surface area (Å²) in [6.45, 7) is 4.02. The second-order valence-electron chi connectivity index (χ2n) is 11.4. The Hall–Kier alpha value is -4.51. The maximum Gasteiger partial charge on any atom is 0.264 e. The molecule has 0 unspecified atom stereocenters. The molecule has 45 heavy (non-hydrogen) atoms. The molecule has 3 N–H and O–H groups in total. The van der Waals surface area contributed by atoms with Gasteiger partial charge in [-0.3, -0.25) is 14.4 Å². The molecule has 0 spiro atoms. The lowest BCUT2D eigenvalue weighted by Crippen LogP contribution is -2.48. The van der Waals surface area contributed by atoms with Crippen LogP contribution in [0.25, 0.3) is 0 Å². The van der Waals surface area contributed by atoms with Crippen LogP contribution >= 0.6 is 0 Å². The molecule has 236 valence electrons. The number of nitrogens with one attached hydrogen (secondary N) is 1. The van der Waals surface area contributed by atoms with Crippen molar-refractivity contribution in [3.05, 3.63) is 102 Å². The standard InChI is InChI=1S/C35H40N4O6/c1-25(7-6-10-32(41)37(19-20-40)23-26-8-4-3-5-9-26)35(44)30-21-29(45-2)15-16-31(30)39(34(35)43)24-27-11-13-28(14-12-27)38-18-17-36-22-33(38)42/h3-9,11-16,21,25,36,40,44H,10,17-20,22-24H2,1-2H3/b7-6+/t25-,35+/m1/s1. The van der Waals surface area contributed by atoms with E-state index in [1.165, 1.54) is 7.11 Å². The molecule has 2 heterocycles. The number of carbonyl (C=O) groups is 3. The lowest BCUT2D eigenvalue weighted by molar-refractivity contribution is -0.139. The molecule has 0 saturated carbocycles. The molecule has 5 rings (SSSR count). The van der Waals surface area contributed by atoms with Crippen molar-refractivity contribution >= 4 is 29.1 Å². The number of hydrogen-bond donors (Lipinski definition) is 3. The predicted molar refractivity (Wildman–Crippen MR) is 172 cm³/mol. The first kappa shape index (κ1) is 31.9. The molecule has 2 aliphatic heterocycles. The number of anilines is 2. The van der Waals surface area contributed by atoms with E-state index in [1.54, 1.807) is 52.0 Å². The van der Waals surface area contributed by atoms with Gasteiger partial charge in [-0.25, -0.2) is 0 Å². The summed E-state index contributed by atoms with van der Waals surface area (Å²) in [6, 6.07) is 22.3. The lowest BCUT2D eigenvalue weighted by atomic mass is 9.83. The fourth-order valence-electron chi connectivity index (χ4n) is 5.91. The van der Waals surface area contributed by atoms with Crippen molar-refractivity contribution < 1.29 is 29.3 Å². The second kappa shape index (κ2) is 14.1. The first-order valence-corrected chi connectivity index (χ1v) is 15.2. The van der Waals surface area contributed by atoms with Gasteiger partial charge in [-0.15, -0.1) is 0 Å². The minimum atomic E-state index is -1.88. The topological polar surface area (TPSA) is 123 Å². The maximum absolute atomic E-state index is 14.0. The van der Waals surface area contributed by atoms with E-state index < -0.39 is 17.4 Å². The van der Waals surface area contributed by atoms with Gasteiger partial charge in [-0.2, -0.15) is 0 Å². The molecular formula is C35H40N4O6. The zero-order valence-corrected chi connectivity index (χ0v) is 25.7. The summed E-state index contributed by atoms with van der Waals surface area (Å²) in [4.78, 5) is 44.3. The quantitative estimate of drug-likeness (QED) is 0.269. The second-order valence-corrected chi connectivity index (χ2v) is 11.4. The summed E-state index contributed by atoms with van der Waals surface area (Å²) in [5, 5.41) is 24.7. The van der Waals surface area contributed by atoms with Crippen molar-refractivity contribution in [2.24, 2.45) is 5.92 Å². The fourth-order valence-corrected chi connectivity index (χ4v) is 5.91. The van der Waals surface area contributed by atoms with Crippen LogP contribution in [0.1, 0.15) is 30.0 Å². The number of nitrogens with zero attached hydrogens (tertiary/aromatic N) is 3. The third-order valence-electron chi connectivity index (χ3n) is 8.47. The molecule has 3 aromatic carbocycles. The summed E-state index contributed by atoms with van der Waals surface area (Å²) in [7, 11) is 1.53. The van der Waals surface area contributed by atoms with E-state index in [4.69, 9.17) is 4.74 Å². The van der Waals surface area contributed by atoms with Gasteiger partial charge >= 0.3 is 0 Å². The Balaban J connectivity index is 1.33. The highest BCUT2D eigenvalue weighted by Gasteiger charge is 2.52. The van der Waals surface area contributed by atoms with Gasteiger partial charge in [-0.05, 0) is 41.5 Å². The average Bonchev–Trinajstić information content (AvgIpc) is 3.27. The Morgan fingerprint density at radius 1 is 1.09 bits per heavy atom. The van der Waals surface area contributed by atoms with Crippen LogP contribution in [0.5, 0.6) is 5.75 Å². The number of benzene rings is 3. The van der Waals surface area contributed by atoms with Crippen LogP contribution in [0.3, 0.4) is 0 Å². The Morgan fingerprint density at radius 2 is 1.84 bits per heavy atom. The van der Waals surface area contributed by atoms with E-state index in [0.29, 0.717) is 36.6 Å². The monoisotopic (exact) mass is 612 g/mol. The summed E-state index contributed by atoms with van der Waals surface area (Å²) in [5.74, 6) is -0.788. The minimum Gasteiger partial charge on any atom is -0.497 e. The number of rotatable bonds is 12. The number of carbonyl (C=O) groups excluding carboxylic acids is 3. The van der Waals surface area contributed by atoms with Crippen LogP contribution in [-0.2, 0) is 33.1 Å². The highest BCUT2D eigenvalue weighted by molar-refractivity contribution is 6.07. The Bertz CT molecular complexity index is 1540. The Labute approximate surface area is 263 Å². The van der Waals surface area contributed by atoms with Crippen LogP contribution < -0.4 is 19.9 Å². The summed E-state index contributed by atoms with van der Waals surface area (Å²) < 4.78 is 5.43. The van der Waals surface area contributed by atoms with E-state index in [0.717, 1.165) is 23.4 Å². The molecule has 1 saturated heterocycles. The predicted octanol–water partition coefficient (Wildman–Crippen LogP) is 2.97. The molecule has 2 aliphatic rings. The third kappa shape index (κ3) is 6.78. The number of amides is 3. The van der Waals surface area contributed by atoms with Gasteiger partial charge in [0, 0.05) is 49.8 Å². The lowest BCUT2D eigenvalue weighted by Gasteiger charge is -2.28. The Morgan fingerprint density at radius 3 is 2.53 bits per heavy atom. The van der Waals surface area contributed by atoms with E-state index in [2.05, 4.69) is 5.32 Å². The van der Waals surface area contributed by atoms with Crippen LogP contribution in [0.2, 0.25) is 0 Å². The third-order valence-corrected chi connectivity index (χ3v) is 8.47. The molecule has 1 fully saturated rings. The largest absolute Gasteiger partial charge is 0.497 e. The molecular weight excluding hydrogens is 572 g/mol. The van der Waals surface area contributed by atoms with Crippen molar-refractivity contribution in [2.45, 2.75) is 32.0 Å². The van der Waals surface area contributed by atoms with Crippen molar-refractivity contribution in [2.75, 3.05) is 49.7 Å². The van der Waals surface area contributed by atoms with Gasteiger partial charge in [0.25, 0.3) is 5.91 Å². The van der Waals surface area contributed by atoms with Gasteiger partial charge in [0.05, 0.1) is 32.5 Å². The average molecular weight is 613 g/mol. The SMILES string of the molecule is COc1ccc2c(c1)[C@@](O)([C@H](C)/C=C/CC(=O)N(CCO)Cc1ccccc1)C(=O)N2Cc1ccc(N2CCNCC2=O)cc1. The first-order chi connectivity index (χ1) is 21.8. The minimum absolute atomic E-state index is 0.0118. The first-order valence-electron chi connectivity index (χ1n) is 15.2. The molecule has 10 nitrogen and oxygen atoms in total. The number of ether oxygens (including phenoxy) is 1. The van der Waals surface area contributed by atoms with Crippen LogP contribution in [-0.4, -0.2) is 72.7 Å². The van der Waals surface area contributed by atoms with Crippen molar-refractivity contribution in [1.82, 2.24) is 10.2 Å².